The summed E-state index contributed by atoms with van der Waals surface area (Å²) >= 11 is 0. The van der Waals surface area contributed by atoms with Crippen LogP contribution in [-0.2, 0) is 11.2 Å². The molecule has 0 aliphatic carbocycles. The van der Waals surface area contributed by atoms with Gasteiger partial charge in [-0.05, 0) is 36.9 Å². The SMILES string of the molecule is CCCC(CNCCOC)Cc1cccc(F)c1F. The van der Waals surface area contributed by atoms with Gasteiger partial charge in [-0.1, -0.05) is 25.5 Å². The Morgan fingerprint density at radius 3 is 2.79 bits per heavy atom. The molecule has 0 spiro atoms. The lowest BCUT2D eigenvalue weighted by Crippen LogP contribution is -2.27. The molecule has 0 saturated heterocycles. The van der Waals surface area contributed by atoms with Gasteiger partial charge < -0.3 is 10.1 Å². The van der Waals surface area contributed by atoms with E-state index in [-0.39, 0.29) is 0 Å². The van der Waals surface area contributed by atoms with E-state index in [0.29, 0.717) is 24.5 Å². The van der Waals surface area contributed by atoms with Crippen molar-refractivity contribution >= 4 is 0 Å². The van der Waals surface area contributed by atoms with E-state index in [0.717, 1.165) is 32.0 Å². The van der Waals surface area contributed by atoms with Crippen LogP contribution < -0.4 is 5.32 Å². The first-order valence-corrected chi connectivity index (χ1v) is 6.81. The van der Waals surface area contributed by atoms with Crippen LogP contribution in [0.3, 0.4) is 0 Å². The maximum absolute atomic E-state index is 13.6. The second kappa shape index (κ2) is 8.99. The standard InChI is InChI=1S/C15H23F2NO/c1-3-5-12(11-18-8-9-19-2)10-13-6-4-7-14(16)15(13)17/h4,6-7,12,18H,3,5,8-11H2,1-2H3. The van der Waals surface area contributed by atoms with Crippen LogP contribution in [0.2, 0.25) is 0 Å². The van der Waals surface area contributed by atoms with E-state index in [4.69, 9.17) is 4.74 Å². The molecule has 1 aromatic carbocycles. The van der Waals surface area contributed by atoms with Crippen LogP contribution in [0.1, 0.15) is 25.3 Å². The Labute approximate surface area is 114 Å². The molecule has 1 rings (SSSR count). The van der Waals surface area contributed by atoms with Crippen LogP contribution in [0.25, 0.3) is 0 Å². The Hall–Kier alpha value is -1.00. The highest BCUT2D eigenvalue weighted by Crippen LogP contribution is 2.18. The van der Waals surface area contributed by atoms with Crippen LogP contribution in [0.5, 0.6) is 0 Å². The predicted molar refractivity (Wildman–Crippen MR) is 73.2 cm³/mol. The van der Waals surface area contributed by atoms with E-state index < -0.39 is 11.6 Å². The molecule has 0 aliphatic rings. The van der Waals surface area contributed by atoms with Gasteiger partial charge in [0.25, 0.3) is 0 Å². The summed E-state index contributed by atoms with van der Waals surface area (Å²) in [6, 6.07) is 4.38. The fourth-order valence-corrected chi connectivity index (χ4v) is 2.18. The fraction of sp³-hybridized carbons (Fsp3) is 0.600. The first-order chi connectivity index (χ1) is 9.19. The fourth-order valence-electron chi connectivity index (χ4n) is 2.18. The highest BCUT2D eigenvalue weighted by atomic mass is 19.2. The zero-order valence-electron chi connectivity index (χ0n) is 11.7. The lowest BCUT2D eigenvalue weighted by Gasteiger charge is -2.17. The zero-order chi connectivity index (χ0) is 14.1. The average Bonchev–Trinajstić information content (AvgIpc) is 2.40. The van der Waals surface area contributed by atoms with Crippen LogP contribution in [-0.4, -0.2) is 26.8 Å². The third-order valence-electron chi connectivity index (χ3n) is 3.15. The van der Waals surface area contributed by atoms with Crippen molar-refractivity contribution in [3.8, 4) is 0 Å². The Morgan fingerprint density at radius 1 is 1.32 bits per heavy atom. The van der Waals surface area contributed by atoms with Crippen LogP contribution in [0.4, 0.5) is 8.78 Å². The average molecular weight is 271 g/mol. The van der Waals surface area contributed by atoms with E-state index in [1.807, 2.05) is 0 Å². The molecule has 4 heteroatoms. The van der Waals surface area contributed by atoms with Gasteiger partial charge in [0, 0.05) is 13.7 Å². The van der Waals surface area contributed by atoms with Gasteiger partial charge in [0.2, 0.25) is 0 Å². The number of nitrogens with one attached hydrogen (secondary N) is 1. The summed E-state index contributed by atoms with van der Waals surface area (Å²) in [6.07, 6.45) is 2.60. The highest BCUT2D eigenvalue weighted by molar-refractivity contribution is 5.19. The molecule has 1 unspecified atom stereocenters. The van der Waals surface area contributed by atoms with Crippen molar-refractivity contribution in [3.05, 3.63) is 35.4 Å². The van der Waals surface area contributed by atoms with Gasteiger partial charge in [-0.15, -0.1) is 0 Å². The molecule has 0 fully saturated rings. The molecule has 0 aromatic heterocycles. The molecular weight excluding hydrogens is 248 g/mol. The van der Waals surface area contributed by atoms with E-state index in [1.54, 1.807) is 19.2 Å². The van der Waals surface area contributed by atoms with E-state index in [2.05, 4.69) is 12.2 Å². The van der Waals surface area contributed by atoms with Crippen molar-refractivity contribution in [3.63, 3.8) is 0 Å². The highest BCUT2D eigenvalue weighted by Gasteiger charge is 2.13. The van der Waals surface area contributed by atoms with Gasteiger partial charge in [-0.25, -0.2) is 8.78 Å². The molecule has 0 heterocycles. The Morgan fingerprint density at radius 2 is 2.11 bits per heavy atom. The Bertz CT molecular complexity index is 371. The minimum Gasteiger partial charge on any atom is -0.383 e. The topological polar surface area (TPSA) is 21.3 Å². The van der Waals surface area contributed by atoms with E-state index in [9.17, 15) is 8.78 Å². The summed E-state index contributed by atoms with van der Waals surface area (Å²) in [5.74, 6) is -1.15. The van der Waals surface area contributed by atoms with Gasteiger partial charge in [0.05, 0.1) is 6.61 Å². The number of hydrogen-bond acceptors (Lipinski definition) is 2. The minimum absolute atomic E-state index is 0.318. The molecule has 108 valence electrons. The molecule has 0 amide bonds. The number of rotatable bonds is 9. The second-order valence-electron chi connectivity index (χ2n) is 4.77. The van der Waals surface area contributed by atoms with Crippen LogP contribution >= 0.6 is 0 Å². The van der Waals surface area contributed by atoms with Crippen molar-refractivity contribution in [2.45, 2.75) is 26.2 Å². The molecule has 0 saturated carbocycles. The van der Waals surface area contributed by atoms with E-state index in [1.165, 1.54) is 0 Å². The van der Waals surface area contributed by atoms with Crippen LogP contribution in [0, 0.1) is 17.6 Å². The molecular formula is C15H23F2NO. The number of ether oxygens (including phenoxy) is 1. The molecule has 1 N–H and O–H groups in total. The predicted octanol–water partition coefficient (Wildman–Crippen LogP) is 3.16. The van der Waals surface area contributed by atoms with Crippen molar-refractivity contribution < 1.29 is 13.5 Å². The summed E-state index contributed by atoms with van der Waals surface area (Å²) in [7, 11) is 1.66. The summed E-state index contributed by atoms with van der Waals surface area (Å²) in [6.45, 7) is 4.34. The Kier molecular flexibility index (Phi) is 7.60. The Balaban J connectivity index is 2.54. The van der Waals surface area contributed by atoms with Crippen molar-refractivity contribution in [1.29, 1.82) is 0 Å². The molecule has 0 bridgehead atoms. The van der Waals surface area contributed by atoms with Crippen molar-refractivity contribution in [2.24, 2.45) is 5.92 Å². The first-order valence-electron chi connectivity index (χ1n) is 6.81. The van der Waals surface area contributed by atoms with Crippen LogP contribution in [0.15, 0.2) is 18.2 Å². The molecule has 1 atom stereocenters. The lowest BCUT2D eigenvalue weighted by molar-refractivity contribution is 0.197. The van der Waals surface area contributed by atoms with Gasteiger partial charge in [0.1, 0.15) is 0 Å². The maximum Gasteiger partial charge on any atom is 0.162 e. The zero-order valence-corrected chi connectivity index (χ0v) is 11.7. The first kappa shape index (κ1) is 16.1. The molecule has 2 nitrogen and oxygen atoms in total. The second-order valence-corrected chi connectivity index (χ2v) is 4.77. The molecule has 0 aliphatic heterocycles. The smallest absolute Gasteiger partial charge is 0.162 e. The summed E-state index contributed by atoms with van der Waals surface area (Å²) < 4.78 is 31.8. The number of halogens is 2. The minimum atomic E-state index is -0.764. The normalized spacial score (nSPS) is 12.6. The molecule has 19 heavy (non-hydrogen) atoms. The van der Waals surface area contributed by atoms with Gasteiger partial charge in [0.15, 0.2) is 11.6 Å². The monoisotopic (exact) mass is 271 g/mol. The lowest BCUT2D eigenvalue weighted by atomic mass is 9.94. The van der Waals surface area contributed by atoms with Gasteiger partial charge in [-0.3, -0.25) is 0 Å². The molecule has 0 radical (unpaired) electrons. The number of methoxy groups -OCH3 is 1. The maximum atomic E-state index is 13.6. The summed E-state index contributed by atoms with van der Waals surface area (Å²) in [5, 5.41) is 3.28. The quantitative estimate of drug-likeness (QED) is 0.697. The number of hydrogen-bond donors (Lipinski definition) is 1. The van der Waals surface area contributed by atoms with E-state index >= 15 is 0 Å². The van der Waals surface area contributed by atoms with Gasteiger partial charge in [-0.2, -0.15) is 0 Å². The summed E-state index contributed by atoms with van der Waals surface area (Å²) in [5.41, 5.74) is 0.465. The largest absolute Gasteiger partial charge is 0.383 e. The van der Waals surface area contributed by atoms with Crippen molar-refractivity contribution in [2.75, 3.05) is 26.8 Å². The third kappa shape index (κ3) is 5.66. The summed E-state index contributed by atoms with van der Waals surface area (Å²) in [4.78, 5) is 0. The number of benzene rings is 1. The third-order valence-corrected chi connectivity index (χ3v) is 3.15. The van der Waals surface area contributed by atoms with Gasteiger partial charge >= 0.3 is 0 Å². The molecule has 1 aromatic rings. The van der Waals surface area contributed by atoms with Crippen molar-refractivity contribution in [1.82, 2.24) is 5.32 Å².